The van der Waals surface area contributed by atoms with Crippen LogP contribution < -0.4 is 0 Å². The number of rotatable bonds is 5. The lowest BCUT2D eigenvalue weighted by atomic mass is 10.2. The lowest BCUT2D eigenvalue weighted by molar-refractivity contribution is -0.134. The van der Waals surface area contributed by atoms with Gasteiger partial charge in [0.05, 0.1) is 0 Å². The number of likely N-dealkylation sites (tertiary alicyclic amines) is 1. The van der Waals surface area contributed by atoms with E-state index in [0.717, 1.165) is 38.8 Å². The highest BCUT2D eigenvalue weighted by molar-refractivity contribution is 5.88. The molecule has 0 radical (unpaired) electrons. The molecule has 1 aromatic rings. The summed E-state index contributed by atoms with van der Waals surface area (Å²) in [5.74, 6) is -0.136. The molecule has 1 aliphatic heterocycles. The maximum atomic E-state index is 12.0. The van der Waals surface area contributed by atoms with Crippen LogP contribution >= 0.6 is 0 Å². The van der Waals surface area contributed by atoms with Crippen LogP contribution in [-0.2, 0) is 20.9 Å². The van der Waals surface area contributed by atoms with Gasteiger partial charge >= 0.3 is 5.97 Å². The highest BCUT2D eigenvalue weighted by Crippen LogP contribution is 2.12. The Bertz CT molecular complexity index is 474. The van der Waals surface area contributed by atoms with Gasteiger partial charge in [0.2, 0.25) is 5.76 Å². The summed E-state index contributed by atoms with van der Waals surface area (Å²) in [7, 11) is 1.54. The molecule has 0 aliphatic carbocycles. The van der Waals surface area contributed by atoms with Crippen LogP contribution in [0.4, 0.5) is 0 Å². The van der Waals surface area contributed by atoms with Crippen molar-refractivity contribution in [3.8, 4) is 0 Å². The zero-order valence-electron chi connectivity index (χ0n) is 12.3. The van der Waals surface area contributed by atoms with Gasteiger partial charge in [0.1, 0.15) is 12.4 Å². The Hall–Kier alpha value is -1.82. The number of methoxy groups -OCH3 is 1. The summed E-state index contributed by atoms with van der Waals surface area (Å²) in [5.41, 5.74) is 0. The third kappa shape index (κ3) is 4.60. The molecule has 2 rings (SSSR count). The molecule has 1 aliphatic rings. The van der Waals surface area contributed by atoms with Crippen molar-refractivity contribution in [2.45, 2.75) is 32.3 Å². The first-order valence-electron chi connectivity index (χ1n) is 7.23. The molecule has 0 aromatic carbocycles. The summed E-state index contributed by atoms with van der Waals surface area (Å²) in [6, 6.07) is 3.17. The van der Waals surface area contributed by atoms with Crippen molar-refractivity contribution in [2.24, 2.45) is 0 Å². The highest BCUT2D eigenvalue weighted by atomic mass is 16.5. The van der Waals surface area contributed by atoms with Gasteiger partial charge < -0.3 is 18.8 Å². The van der Waals surface area contributed by atoms with E-state index in [9.17, 15) is 9.59 Å². The molecule has 0 unspecified atom stereocenters. The van der Waals surface area contributed by atoms with Crippen LogP contribution in [0.3, 0.4) is 0 Å². The molecule has 0 atom stereocenters. The Morgan fingerprint density at radius 3 is 2.57 bits per heavy atom. The van der Waals surface area contributed by atoms with Crippen LogP contribution in [0.2, 0.25) is 0 Å². The first-order chi connectivity index (χ1) is 10.2. The van der Waals surface area contributed by atoms with E-state index in [1.54, 1.807) is 18.1 Å². The van der Waals surface area contributed by atoms with Crippen LogP contribution in [0, 0.1) is 0 Å². The van der Waals surface area contributed by atoms with E-state index in [1.165, 1.54) is 6.07 Å². The van der Waals surface area contributed by atoms with Crippen molar-refractivity contribution in [3.05, 3.63) is 23.7 Å². The quantitative estimate of drug-likeness (QED) is 0.777. The topological polar surface area (TPSA) is 69.0 Å². The minimum absolute atomic E-state index is 0.0886. The molecule has 0 saturated carbocycles. The molecule has 6 heteroatoms. The summed E-state index contributed by atoms with van der Waals surface area (Å²) in [6.45, 7) is 1.55. The van der Waals surface area contributed by atoms with Gasteiger partial charge in [-0.3, -0.25) is 4.79 Å². The fourth-order valence-electron chi connectivity index (χ4n) is 2.32. The molecule has 1 fully saturated rings. The Morgan fingerprint density at radius 1 is 1.19 bits per heavy atom. The summed E-state index contributed by atoms with van der Waals surface area (Å²) < 4.78 is 15.2. The van der Waals surface area contributed by atoms with Crippen molar-refractivity contribution < 1.29 is 23.5 Å². The van der Waals surface area contributed by atoms with Gasteiger partial charge in [0.25, 0.3) is 5.91 Å². The number of ether oxygens (including phenoxy) is 2. The molecule has 116 valence electrons. The Balaban J connectivity index is 1.80. The average Bonchev–Trinajstić information content (AvgIpc) is 2.78. The van der Waals surface area contributed by atoms with Crippen LogP contribution in [0.5, 0.6) is 0 Å². The largest absolute Gasteiger partial charge is 0.452 e. The normalized spacial score (nSPS) is 15.6. The molecule has 0 N–H and O–H groups in total. The number of carbonyl (C=O) groups is 2. The first-order valence-corrected chi connectivity index (χ1v) is 7.23. The van der Waals surface area contributed by atoms with E-state index in [-0.39, 0.29) is 18.3 Å². The third-order valence-electron chi connectivity index (χ3n) is 3.43. The molecule has 2 heterocycles. The van der Waals surface area contributed by atoms with Crippen molar-refractivity contribution in [1.82, 2.24) is 4.90 Å². The zero-order chi connectivity index (χ0) is 15.1. The summed E-state index contributed by atoms with van der Waals surface area (Å²) in [4.78, 5) is 25.5. The molecule has 0 bridgehead atoms. The third-order valence-corrected chi connectivity index (χ3v) is 3.43. The summed E-state index contributed by atoms with van der Waals surface area (Å²) >= 11 is 0. The van der Waals surface area contributed by atoms with Crippen molar-refractivity contribution in [1.29, 1.82) is 0 Å². The van der Waals surface area contributed by atoms with Crippen molar-refractivity contribution >= 4 is 11.9 Å². The van der Waals surface area contributed by atoms with Crippen LogP contribution in [0.15, 0.2) is 16.5 Å². The Morgan fingerprint density at radius 2 is 1.90 bits per heavy atom. The number of carbonyl (C=O) groups excluding carboxylic acids is 2. The van der Waals surface area contributed by atoms with Crippen LogP contribution in [0.25, 0.3) is 0 Å². The molecule has 6 nitrogen and oxygen atoms in total. The number of hydrogen-bond donors (Lipinski definition) is 0. The average molecular weight is 295 g/mol. The molecule has 1 amide bonds. The molecule has 21 heavy (non-hydrogen) atoms. The Kier molecular flexibility index (Phi) is 5.80. The van der Waals surface area contributed by atoms with E-state index in [4.69, 9.17) is 13.9 Å². The standard InChI is InChI=1S/C15H21NO5/c1-19-10-12-6-7-13(21-12)15(18)20-11-14(17)16-8-4-2-3-5-9-16/h6-7H,2-5,8-11H2,1H3. The van der Waals surface area contributed by atoms with Gasteiger partial charge in [-0.05, 0) is 25.0 Å². The van der Waals surface area contributed by atoms with Crippen molar-refractivity contribution in [3.63, 3.8) is 0 Å². The molecular formula is C15H21NO5. The lowest BCUT2D eigenvalue weighted by Gasteiger charge is -2.19. The highest BCUT2D eigenvalue weighted by Gasteiger charge is 2.19. The van der Waals surface area contributed by atoms with Gasteiger partial charge in [-0.25, -0.2) is 4.79 Å². The van der Waals surface area contributed by atoms with Gasteiger partial charge in [-0.1, -0.05) is 12.8 Å². The number of esters is 1. The molecule has 1 aromatic heterocycles. The Labute approximate surface area is 124 Å². The summed E-state index contributed by atoms with van der Waals surface area (Å²) in [6.07, 6.45) is 4.33. The van der Waals surface area contributed by atoms with E-state index < -0.39 is 5.97 Å². The zero-order valence-corrected chi connectivity index (χ0v) is 12.3. The fraction of sp³-hybridized carbons (Fsp3) is 0.600. The van der Waals surface area contributed by atoms with Gasteiger partial charge in [0.15, 0.2) is 6.61 Å². The number of hydrogen-bond acceptors (Lipinski definition) is 5. The molecule has 1 saturated heterocycles. The minimum Gasteiger partial charge on any atom is -0.452 e. The van der Waals surface area contributed by atoms with E-state index >= 15 is 0 Å². The van der Waals surface area contributed by atoms with Crippen LogP contribution in [-0.4, -0.2) is 43.6 Å². The second-order valence-electron chi connectivity index (χ2n) is 5.07. The van der Waals surface area contributed by atoms with E-state index in [2.05, 4.69) is 0 Å². The van der Waals surface area contributed by atoms with Gasteiger partial charge in [-0.15, -0.1) is 0 Å². The predicted octanol–water partition coefficient (Wildman–Crippen LogP) is 1.99. The maximum Gasteiger partial charge on any atom is 0.374 e. The van der Waals surface area contributed by atoms with Crippen molar-refractivity contribution in [2.75, 3.05) is 26.8 Å². The predicted molar refractivity (Wildman–Crippen MR) is 74.8 cm³/mol. The second-order valence-corrected chi connectivity index (χ2v) is 5.07. The number of amides is 1. The molecular weight excluding hydrogens is 274 g/mol. The number of furan rings is 1. The van der Waals surface area contributed by atoms with Gasteiger partial charge in [-0.2, -0.15) is 0 Å². The second kappa shape index (κ2) is 7.83. The number of nitrogens with zero attached hydrogens (tertiary/aromatic N) is 1. The fourth-order valence-corrected chi connectivity index (χ4v) is 2.32. The SMILES string of the molecule is COCc1ccc(C(=O)OCC(=O)N2CCCCCC2)o1. The maximum absolute atomic E-state index is 12.0. The smallest absolute Gasteiger partial charge is 0.374 e. The molecule has 0 spiro atoms. The minimum atomic E-state index is -0.625. The van der Waals surface area contributed by atoms with Gasteiger partial charge in [0, 0.05) is 20.2 Å². The lowest BCUT2D eigenvalue weighted by Crippen LogP contribution is -2.35. The van der Waals surface area contributed by atoms with E-state index in [0.29, 0.717) is 12.4 Å². The summed E-state index contributed by atoms with van der Waals surface area (Å²) in [5, 5.41) is 0. The van der Waals surface area contributed by atoms with Crippen LogP contribution in [0.1, 0.15) is 42.0 Å². The monoisotopic (exact) mass is 295 g/mol. The van der Waals surface area contributed by atoms with E-state index in [1.807, 2.05) is 0 Å². The first kappa shape index (κ1) is 15.6.